The number of carbonyl (C=O) groups is 4. The highest BCUT2D eigenvalue weighted by atomic mass is 19.4. The highest BCUT2D eigenvalue weighted by molar-refractivity contribution is 5.85. The maximum absolute atomic E-state index is 13.9. The number of esters is 2. The number of alkyl halides is 6. The Balaban J connectivity index is 0.000000251. The van der Waals surface area contributed by atoms with E-state index in [4.69, 9.17) is 9.47 Å². The number of amides is 2. The molecule has 6 rings (SSSR count). The molecule has 0 saturated heterocycles. The van der Waals surface area contributed by atoms with Gasteiger partial charge in [0.2, 0.25) is 11.8 Å². The molecule has 2 aliphatic rings. The molecule has 4 aromatic rings. The van der Waals surface area contributed by atoms with Gasteiger partial charge in [0.15, 0.2) is 0 Å². The van der Waals surface area contributed by atoms with Crippen molar-refractivity contribution in [2.45, 2.75) is 125 Å². The van der Waals surface area contributed by atoms with Gasteiger partial charge in [-0.3, -0.25) is 19.2 Å². The fourth-order valence-corrected chi connectivity index (χ4v) is 7.91. The molecule has 1 unspecified atom stereocenters. The quantitative estimate of drug-likeness (QED) is 0.0821. The molecule has 362 valence electrons. The van der Waals surface area contributed by atoms with E-state index >= 15 is 0 Å². The maximum Gasteiger partial charge on any atom is 0.416 e. The average Bonchev–Trinajstić information content (AvgIpc) is 4.21. The van der Waals surface area contributed by atoms with E-state index in [0.29, 0.717) is 48.4 Å². The van der Waals surface area contributed by atoms with Crippen LogP contribution in [0.4, 0.5) is 26.3 Å². The van der Waals surface area contributed by atoms with E-state index in [9.17, 15) is 45.5 Å². The molecule has 1 atom stereocenters. The van der Waals surface area contributed by atoms with Crippen molar-refractivity contribution >= 4 is 23.8 Å². The lowest BCUT2D eigenvalue weighted by molar-refractivity contribution is -0.149. The van der Waals surface area contributed by atoms with Crippen molar-refractivity contribution in [2.75, 3.05) is 26.3 Å². The molecule has 2 saturated carbocycles. The first-order valence-corrected chi connectivity index (χ1v) is 23.0. The standard InChI is InChI=1S/C27H32F3NO3.C26H30F3NO3/c1-6-31(24(32)18-9-10-18)16-20-12-17(3)8-11-23(20)19-13-21(15-22(14-19)27(28,29)30)26(4,5)25(33)34-7-2;1-5-30(24(31)18-8-9-18)15-21-11-16(3)7-10-23(21)20-12-19(17(4)25(32)33-6-2)13-22(14-20)26(27,28)29/h8,11-15,18H,6-7,9-10,16H2,1-5H3;7,10-14,17-18H,5-6,8-9,15H2,1-4H3. The summed E-state index contributed by atoms with van der Waals surface area (Å²) in [6.07, 6.45) is -5.61. The molecule has 0 bridgehead atoms. The Morgan fingerprint density at radius 3 is 1.42 bits per heavy atom. The van der Waals surface area contributed by atoms with Crippen LogP contribution in [-0.4, -0.2) is 59.9 Å². The largest absolute Gasteiger partial charge is 0.466 e. The Labute approximate surface area is 390 Å². The third kappa shape index (κ3) is 13.3. The van der Waals surface area contributed by atoms with Gasteiger partial charge in [0.1, 0.15) is 0 Å². The van der Waals surface area contributed by atoms with Gasteiger partial charge >= 0.3 is 24.3 Å². The molecule has 2 amide bonds. The zero-order chi connectivity index (χ0) is 49.6. The first-order valence-electron chi connectivity index (χ1n) is 23.0. The minimum Gasteiger partial charge on any atom is -0.466 e. The molecular formula is C53H62F6N2O6. The number of benzene rings is 4. The van der Waals surface area contributed by atoms with Gasteiger partial charge in [-0.15, -0.1) is 0 Å². The van der Waals surface area contributed by atoms with E-state index in [1.54, 1.807) is 68.7 Å². The third-order valence-electron chi connectivity index (χ3n) is 12.3. The fourth-order valence-electron chi connectivity index (χ4n) is 7.91. The monoisotopic (exact) mass is 936 g/mol. The predicted molar refractivity (Wildman–Crippen MR) is 246 cm³/mol. The van der Waals surface area contributed by atoms with Crippen LogP contribution in [0.25, 0.3) is 22.3 Å². The van der Waals surface area contributed by atoms with E-state index in [-0.39, 0.29) is 48.0 Å². The summed E-state index contributed by atoms with van der Waals surface area (Å²) < 4.78 is 93.0. The van der Waals surface area contributed by atoms with Crippen LogP contribution < -0.4 is 0 Å². The van der Waals surface area contributed by atoms with Gasteiger partial charge in [-0.05, 0) is 163 Å². The molecule has 2 aliphatic carbocycles. The fraction of sp³-hybridized carbons (Fsp3) is 0.472. The van der Waals surface area contributed by atoms with Crippen LogP contribution in [0.3, 0.4) is 0 Å². The molecule has 4 aromatic carbocycles. The molecule has 0 heterocycles. The van der Waals surface area contributed by atoms with E-state index in [1.165, 1.54) is 0 Å². The first kappa shape index (κ1) is 52.3. The summed E-state index contributed by atoms with van der Waals surface area (Å²) in [4.78, 5) is 53.7. The number of nitrogens with zero attached hydrogens (tertiary/aromatic N) is 2. The number of carbonyl (C=O) groups excluding carboxylic acids is 4. The van der Waals surface area contributed by atoms with Crippen molar-refractivity contribution in [3.8, 4) is 22.3 Å². The number of hydrogen-bond acceptors (Lipinski definition) is 6. The van der Waals surface area contributed by atoms with Gasteiger partial charge in [0, 0.05) is 38.0 Å². The highest BCUT2D eigenvalue weighted by Gasteiger charge is 2.38. The van der Waals surface area contributed by atoms with Crippen molar-refractivity contribution in [3.63, 3.8) is 0 Å². The summed E-state index contributed by atoms with van der Waals surface area (Å²) in [7, 11) is 0. The minimum absolute atomic E-state index is 0.0544. The molecule has 0 aliphatic heterocycles. The summed E-state index contributed by atoms with van der Waals surface area (Å²) in [5.74, 6) is -1.71. The second kappa shape index (κ2) is 21.5. The normalized spacial score (nSPS) is 14.4. The van der Waals surface area contributed by atoms with E-state index in [2.05, 4.69) is 0 Å². The van der Waals surface area contributed by atoms with Crippen LogP contribution in [0.1, 0.15) is 125 Å². The van der Waals surface area contributed by atoms with E-state index < -0.39 is 46.8 Å². The van der Waals surface area contributed by atoms with Crippen LogP contribution >= 0.6 is 0 Å². The Bertz CT molecular complexity index is 2440. The smallest absolute Gasteiger partial charge is 0.416 e. The number of hydrogen-bond donors (Lipinski definition) is 0. The molecule has 0 N–H and O–H groups in total. The molecular weight excluding hydrogens is 875 g/mol. The topological polar surface area (TPSA) is 93.2 Å². The Morgan fingerprint density at radius 2 is 1.01 bits per heavy atom. The van der Waals surface area contributed by atoms with Crippen LogP contribution in [0, 0.1) is 25.7 Å². The molecule has 0 spiro atoms. The van der Waals surface area contributed by atoms with Gasteiger partial charge < -0.3 is 19.3 Å². The van der Waals surface area contributed by atoms with Crippen molar-refractivity contribution in [1.82, 2.24) is 9.80 Å². The molecule has 0 radical (unpaired) electrons. The number of ether oxygens (including phenoxy) is 2. The van der Waals surface area contributed by atoms with Crippen molar-refractivity contribution in [1.29, 1.82) is 0 Å². The third-order valence-corrected chi connectivity index (χ3v) is 12.3. The van der Waals surface area contributed by atoms with Gasteiger partial charge in [-0.1, -0.05) is 53.6 Å². The van der Waals surface area contributed by atoms with Gasteiger partial charge in [-0.2, -0.15) is 26.3 Å². The van der Waals surface area contributed by atoms with Crippen molar-refractivity contribution in [3.05, 3.63) is 117 Å². The molecule has 8 nitrogen and oxygen atoms in total. The summed E-state index contributed by atoms with van der Waals surface area (Å²) >= 11 is 0. The summed E-state index contributed by atoms with van der Waals surface area (Å²) in [6.45, 7) is 17.6. The predicted octanol–water partition coefficient (Wildman–Crippen LogP) is 12.4. The van der Waals surface area contributed by atoms with Gasteiger partial charge in [-0.25, -0.2) is 0 Å². The first-order chi connectivity index (χ1) is 31.4. The number of aryl methyl sites for hydroxylation is 2. The summed E-state index contributed by atoms with van der Waals surface area (Å²) in [5.41, 5.74) is 2.95. The molecule has 0 aromatic heterocycles. The average molecular weight is 937 g/mol. The molecule has 67 heavy (non-hydrogen) atoms. The second-order valence-corrected chi connectivity index (χ2v) is 18.0. The second-order valence-electron chi connectivity index (χ2n) is 18.0. The Morgan fingerprint density at radius 1 is 0.597 bits per heavy atom. The zero-order valence-electron chi connectivity index (χ0n) is 39.8. The Hall–Kier alpha value is -5.66. The highest BCUT2D eigenvalue weighted by Crippen LogP contribution is 2.41. The van der Waals surface area contributed by atoms with Crippen LogP contribution in [0.15, 0.2) is 72.8 Å². The van der Waals surface area contributed by atoms with Crippen LogP contribution in [0.2, 0.25) is 0 Å². The van der Waals surface area contributed by atoms with Gasteiger partial charge in [0.05, 0.1) is 35.7 Å². The number of halogens is 6. The lowest BCUT2D eigenvalue weighted by Crippen LogP contribution is -2.32. The minimum atomic E-state index is -4.59. The zero-order valence-corrected chi connectivity index (χ0v) is 39.8. The maximum atomic E-state index is 13.9. The SMILES string of the molecule is CCOC(=O)C(C)(C)c1cc(-c2ccc(C)cc2CN(CC)C(=O)C2CC2)cc(C(F)(F)F)c1.CCOC(=O)C(C)c1cc(-c2ccc(C)cc2CN(CC)C(=O)C2CC2)cc(C(F)(F)F)c1. The van der Waals surface area contributed by atoms with Crippen molar-refractivity contribution < 1.29 is 55.0 Å². The van der Waals surface area contributed by atoms with Crippen molar-refractivity contribution in [2.24, 2.45) is 11.8 Å². The van der Waals surface area contributed by atoms with Crippen LogP contribution in [-0.2, 0) is 59.5 Å². The van der Waals surface area contributed by atoms with E-state index in [1.807, 2.05) is 52.0 Å². The van der Waals surface area contributed by atoms with Crippen LogP contribution in [0.5, 0.6) is 0 Å². The molecule has 2 fully saturated rings. The van der Waals surface area contributed by atoms with E-state index in [0.717, 1.165) is 72.2 Å². The van der Waals surface area contributed by atoms with Gasteiger partial charge in [0.25, 0.3) is 0 Å². The Kier molecular flexibility index (Phi) is 16.8. The lowest BCUT2D eigenvalue weighted by atomic mass is 9.81. The summed E-state index contributed by atoms with van der Waals surface area (Å²) in [5, 5.41) is 0. The summed E-state index contributed by atoms with van der Waals surface area (Å²) in [6, 6.07) is 18.6. The molecule has 14 heteroatoms. The lowest BCUT2D eigenvalue weighted by Gasteiger charge is -2.26. The number of rotatable bonds is 16.